The zero-order chi connectivity index (χ0) is 17.5. The molecule has 1 aliphatic rings. The van der Waals surface area contributed by atoms with Crippen LogP contribution in [0.1, 0.15) is 22.8 Å². The maximum absolute atomic E-state index is 13.2. The number of halogens is 1. The first kappa shape index (κ1) is 16.4. The van der Waals surface area contributed by atoms with E-state index in [1.54, 1.807) is 24.3 Å². The van der Waals surface area contributed by atoms with Crippen molar-refractivity contribution in [2.45, 2.75) is 19.4 Å². The number of hydrogen-bond donors (Lipinski definition) is 1. The van der Waals surface area contributed by atoms with E-state index in [9.17, 15) is 17.6 Å². The third-order valence-electron chi connectivity index (χ3n) is 3.93. The van der Waals surface area contributed by atoms with Crippen LogP contribution < -0.4 is 9.62 Å². The summed E-state index contributed by atoms with van der Waals surface area (Å²) in [5.41, 5.74) is 2.18. The van der Waals surface area contributed by atoms with Crippen LogP contribution in [-0.4, -0.2) is 26.6 Å². The summed E-state index contributed by atoms with van der Waals surface area (Å²) in [4.78, 5) is 12.3. The van der Waals surface area contributed by atoms with Crippen LogP contribution in [0.2, 0.25) is 0 Å². The molecule has 0 aliphatic carbocycles. The van der Waals surface area contributed by atoms with Gasteiger partial charge in [-0.15, -0.1) is 0 Å². The molecule has 1 aliphatic heterocycles. The van der Waals surface area contributed by atoms with Gasteiger partial charge in [-0.25, -0.2) is 12.8 Å². The number of benzene rings is 2. The predicted molar refractivity (Wildman–Crippen MR) is 91.3 cm³/mol. The Kier molecular flexibility index (Phi) is 4.04. The summed E-state index contributed by atoms with van der Waals surface area (Å²) in [7, 11) is -3.36. The number of fused-ring (bicyclic) bond motifs is 1. The van der Waals surface area contributed by atoms with Gasteiger partial charge in [-0.3, -0.25) is 9.10 Å². The summed E-state index contributed by atoms with van der Waals surface area (Å²) < 4.78 is 38.4. The molecule has 1 amide bonds. The highest BCUT2D eigenvalue weighted by molar-refractivity contribution is 7.92. The average molecular weight is 348 g/mol. The van der Waals surface area contributed by atoms with E-state index in [1.807, 2.05) is 6.92 Å². The van der Waals surface area contributed by atoms with Crippen LogP contribution in [-0.2, 0) is 16.4 Å². The van der Waals surface area contributed by atoms with Crippen molar-refractivity contribution < 1.29 is 17.6 Å². The van der Waals surface area contributed by atoms with Gasteiger partial charge < -0.3 is 5.32 Å². The van der Waals surface area contributed by atoms with Crippen molar-refractivity contribution in [1.82, 2.24) is 0 Å². The Hall–Kier alpha value is -2.41. The molecule has 0 saturated heterocycles. The van der Waals surface area contributed by atoms with Crippen LogP contribution in [0.25, 0.3) is 0 Å². The lowest BCUT2D eigenvalue weighted by atomic mass is 10.1. The number of rotatable bonds is 3. The molecule has 0 radical (unpaired) electrons. The minimum atomic E-state index is -3.36. The average Bonchev–Trinajstić information content (AvgIpc) is 2.81. The minimum absolute atomic E-state index is 0.184. The van der Waals surface area contributed by atoms with E-state index in [2.05, 4.69) is 5.32 Å². The molecule has 24 heavy (non-hydrogen) atoms. The fraction of sp³-hybridized carbons (Fsp3) is 0.235. The van der Waals surface area contributed by atoms with Crippen LogP contribution in [0.3, 0.4) is 0 Å². The Morgan fingerprint density at radius 2 is 2.00 bits per heavy atom. The molecule has 2 aromatic carbocycles. The van der Waals surface area contributed by atoms with E-state index in [0.29, 0.717) is 23.4 Å². The highest BCUT2D eigenvalue weighted by atomic mass is 32.2. The molecule has 7 heteroatoms. The van der Waals surface area contributed by atoms with Gasteiger partial charge in [0.1, 0.15) is 5.82 Å². The second kappa shape index (κ2) is 5.90. The first-order valence-electron chi connectivity index (χ1n) is 7.45. The molecule has 0 spiro atoms. The van der Waals surface area contributed by atoms with Gasteiger partial charge in [0.05, 0.1) is 11.9 Å². The largest absolute Gasteiger partial charge is 0.322 e. The Labute approximate surface area is 140 Å². The van der Waals surface area contributed by atoms with Crippen LogP contribution in [0.4, 0.5) is 15.8 Å². The maximum Gasteiger partial charge on any atom is 0.255 e. The summed E-state index contributed by atoms with van der Waals surface area (Å²) in [6.07, 6.45) is 1.71. The van der Waals surface area contributed by atoms with Gasteiger partial charge >= 0.3 is 0 Å². The van der Waals surface area contributed by atoms with Gasteiger partial charge in [0.15, 0.2) is 0 Å². The van der Waals surface area contributed by atoms with Gasteiger partial charge in [-0.05, 0) is 55.3 Å². The van der Waals surface area contributed by atoms with Crippen molar-refractivity contribution in [3.63, 3.8) is 0 Å². The molecule has 0 saturated carbocycles. The molecule has 0 bridgehead atoms. The summed E-state index contributed by atoms with van der Waals surface area (Å²) in [6.45, 7) is 1.83. The molecule has 1 atom stereocenters. The normalized spacial score (nSPS) is 16.8. The Morgan fingerprint density at radius 3 is 2.67 bits per heavy atom. The van der Waals surface area contributed by atoms with Crippen LogP contribution in [0.5, 0.6) is 0 Å². The number of anilines is 2. The van der Waals surface area contributed by atoms with Gasteiger partial charge in [-0.2, -0.15) is 0 Å². The number of sulfonamides is 1. The van der Waals surface area contributed by atoms with Crippen molar-refractivity contribution in [3.8, 4) is 0 Å². The van der Waals surface area contributed by atoms with Gasteiger partial charge in [0.25, 0.3) is 5.91 Å². The van der Waals surface area contributed by atoms with Crippen molar-refractivity contribution in [1.29, 1.82) is 0 Å². The number of carbonyl (C=O) groups excluding carboxylic acids is 1. The predicted octanol–water partition coefficient (Wildman–Crippen LogP) is 2.79. The van der Waals surface area contributed by atoms with Gasteiger partial charge in [-0.1, -0.05) is 6.07 Å². The highest BCUT2D eigenvalue weighted by Gasteiger charge is 2.32. The van der Waals surface area contributed by atoms with Gasteiger partial charge in [0, 0.05) is 17.3 Å². The smallest absolute Gasteiger partial charge is 0.255 e. The molecule has 0 fully saturated rings. The molecular formula is C17H17FN2O3S. The molecule has 2 aromatic rings. The number of nitrogens with zero attached hydrogens (tertiary/aromatic N) is 1. The topological polar surface area (TPSA) is 66.5 Å². The lowest BCUT2D eigenvalue weighted by molar-refractivity contribution is 0.102. The summed E-state index contributed by atoms with van der Waals surface area (Å²) in [5, 5.41) is 2.63. The molecule has 1 heterocycles. The SMILES string of the molecule is C[C@H]1Cc2cc(C(=O)Nc3cccc(F)c3)ccc2N1S(C)(=O)=O. The van der Waals surface area contributed by atoms with E-state index in [4.69, 9.17) is 0 Å². The Bertz CT molecular complexity index is 912. The first-order chi connectivity index (χ1) is 11.3. The lowest BCUT2D eigenvalue weighted by Gasteiger charge is -2.21. The fourth-order valence-electron chi connectivity index (χ4n) is 3.02. The number of hydrogen-bond acceptors (Lipinski definition) is 3. The van der Waals surface area contributed by atoms with Crippen LogP contribution >= 0.6 is 0 Å². The zero-order valence-electron chi connectivity index (χ0n) is 13.3. The molecule has 3 rings (SSSR count). The van der Waals surface area contributed by atoms with Crippen molar-refractivity contribution in [2.75, 3.05) is 15.9 Å². The van der Waals surface area contributed by atoms with Gasteiger partial charge in [0.2, 0.25) is 10.0 Å². The fourth-order valence-corrected chi connectivity index (χ4v) is 4.28. The molecule has 0 unspecified atom stereocenters. The van der Waals surface area contributed by atoms with E-state index < -0.39 is 15.8 Å². The van der Waals surface area contributed by atoms with Crippen molar-refractivity contribution >= 4 is 27.3 Å². The number of carbonyl (C=O) groups is 1. The summed E-state index contributed by atoms with van der Waals surface area (Å²) >= 11 is 0. The zero-order valence-corrected chi connectivity index (χ0v) is 14.1. The third-order valence-corrected chi connectivity index (χ3v) is 5.21. The van der Waals surface area contributed by atoms with E-state index in [1.165, 1.54) is 28.8 Å². The summed E-state index contributed by atoms with van der Waals surface area (Å²) in [5.74, 6) is -0.798. The van der Waals surface area contributed by atoms with E-state index in [-0.39, 0.29) is 11.9 Å². The maximum atomic E-state index is 13.2. The monoisotopic (exact) mass is 348 g/mol. The summed E-state index contributed by atoms with van der Waals surface area (Å²) in [6, 6.07) is 10.4. The number of amides is 1. The third kappa shape index (κ3) is 3.12. The highest BCUT2D eigenvalue weighted by Crippen LogP contribution is 2.34. The van der Waals surface area contributed by atoms with Crippen molar-refractivity contribution in [2.24, 2.45) is 0 Å². The second-order valence-electron chi connectivity index (χ2n) is 5.92. The molecule has 126 valence electrons. The quantitative estimate of drug-likeness (QED) is 0.927. The molecule has 1 N–H and O–H groups in total. The Morgan fingerprint density at radius 1 is 1.25 bits per heavy atom. The Balaban J connectivity index is 1.87. The van der Waals surface area contributed by atoms with Crippen molar-refractivity contribution in [3.05, 3.63) is 59.4 Å². The molecule has 0 aromatic heterocycles. The first-order valence-corrected chi connectivity index (χ1v) is 9.30. The minimum Gasteiger partial charge on any atom is -0.322 e. The standard InChI is InChI=1S/C17H17FN2O3S/c1-11-8-13-9-12(6-7-16(13)20(11)24(2,22)23)17(21)19-15-5-3-4-14(18)10-15/h3-7,9-11H,8H2,1-2H3,(H,19,21)/t11-/m0/s1. The molecule has 5 nitrogen and oxygen atoms in total. The van der Waals surface area contributed by atoms with E-state index in [0.717, 1.165) is 5.56 Å². The van der Waals surface area contributed by atoms with Crippen LogP contribution in [0.15, 0.2) is 42.5 Å². The van der Waals surface area contributed by atoms with E-state index >= 15 is 0 Å². The van der Waals surface area contributed by atoms with Crippen LogP contribution in [0, 0.1) is 5.82 Å². The second-order valence-corrected chi connectivity index (χ2v) is 7.78. The number of nitrogens with one attached hydrogen (secondary N) is 1. The lowest BCUT2D eigenvalue weighted by Crippen LogP contribution is -2.34. The molecular weight excluding hydrogens is 331 g/mol.